The first kappa shape index (κ1) is 22.9. The first-order valence-corrected chi connectivity index (χ1v) is 13.0. The molecule has 5 heterocycles. The molecule has 1 atom stereocenters. The third kappa shape index (κ3) is 3.20. The summed E-state index contributed by atoms with van der Waals surface area (Å²) in [7, 11) is 0. The fourth-order valence-electron chi connectivity index (χ4n) is 5.97. The normalized spacial score (nSPS) is 18.8. The Kier molecular flexibility index (Phi) is 5.03. The lowest BCUT2D eigenvalue weighted by Crippen LogP contribution is -2.44. The van der Waals surface area contributed by atoms with Crippen LogP contribution in [0.4, 0.5) is 11.4 Å². The van der Waals surface area contributed by atoms with E-state index >= 15 is 0 Å². The number of aromatic nitrogens is 2. The summed E-state index contributed by atoms with van der Waals surface area (Å²) in [6.45, 7) is 2.68. The SMILES string of the molecule is CCC1(O)C(=O)OCc2c1cc1n(c2=O)Cc2c-1nc1cccc3c1c2N(CCCc1ccccc1)C=N3. The number of carbonyl (C=O) groups excluding carboxylic acids is 1. The van der Waals surface area contributed by atoms with Crippen molar-refractivity contribution < 1.29 is 14.6 Å². The zero-order valence-electron chi connectivity index (χ0n) is 21.0. The van der Waals surface area contributed by atoms with Crippen molar-refractivity contribution in [2.75, 3.05) is 11.4 Å². The maximum absolute atomic E-state index is 13.7. The molecule has 3 aliphatic heterocycles. The summed E-state index contributed by atoms with van der Waals surface area (Å²) in [6, 6.07) is 18.1. The van der Waals surface area contributed by atoms with Crippen molar-refractivity contribution in [3.8, 4) is 11.4 Å². The molecule has 0 fully saturated rings. The Balaban J connectivity index is 1.37. The van der Waals surface area contributed by atoms with E-state index in [-0.39, 0.29) is 18.6 Å². The van der Waals surface area contributed by atoms with Gasteiger partial charge in [0, 0.05) is 17.7 Å². The summed E-state index contributed by atoms with van der Waals surface area (Å²) in [5, 5.41) is 12.2. The predicted molar refractivity (Wildman–Crippen MR) is 145 cm³/mol. The number of hydrogen-bond acceptors (Lipinski definition) is 7. The fraction of sp³-hybridized carbons (Fsp3) is 0.267. The highest BCUT2D eigenvalue weighted by Gasteiger charge is 2.45. The van der Waals surface area contributed by atoms with Gasteiger partial charge in [0.15, 0.2) is 5.60 Å². The Morgan fingerprint density at radius 3 is 2.74 bits per heavy atom. The average molecular weight is 507 g/mol. The Morgan fingerprint density at radius 1 is 1.08 bits per heavy atom. The lowest BCUT2D eigenvalue weighted by molar-refractivity contribution is -0.172. The molecule has 7 rings (SSSR count). The number of esters is 1. The maximum Gasteiger partial charge on any atom is 0.343 e. The molecule has 8 nitrogen and oxygen atoms in total. The lowest BCUT2D eigenvalue weighted by Gasteiger charge is -2.31. The number of aliphatic hydroxyl groups is 1. The lowest BCUT2D eigenvalue weighted by atomic mass is 9.86. The van der Waals surface area contributed by atoms with Crippen molar-refractivity contribution in [3.63, 3.8) is 0 Å². The standard InChI is InChI=1S/C30H26N4O4/c1-2-30(37)21-14-24-26-19(15-34(24)28(35)20(21)16-38-29(30)36)27-25-22(11-6-12-23(25)32-26)31-17-33(27)13-7-10-18-8-4-3-5-9-18/h3-6,8-9,11-12,14,17,37H,2,7,10,13,15-16H2,1H3. The van der Waals surface area contributed by atoms with Crippen LogP contribution in [0.25, 0.3) is 22.3 Å². The Hall–Kier alpha value is -4.30. The van der Waals surface area contributed by atoms with Crippen molar-refractivity contribution in [2.45, 2.75) is 44.9 Å². The number of cyclic esters (lactones) is 1. The number of hydrogen-bond donors (Lipinski definition) is 1. The molecule has 4 aromatic rings. The Bertz CT molecular complexity index is 1730. The van der Waals surface area contributed by atoms with Gasteiger partial charge in [-0.3, -0.25) is 4.79 Å². The van der Waals surface area contributed by atoms with E-state index in [0.717, 1.165) is 47.2 Å². The molecule has 0 saturated heterocycles. The molecule has 0 saturated carbocycles. The van der Waals surface area contributed by atoms with Crippen molar-refractivity contribution in [1.29, 1.82) is 0 Å². The highest BCUT2D eigenvalue weighted by atomic mass is 16.6. The summed E-state index contributed by atoms with van der Waals surface area (Å²) in [4.78, 5) is 38.1. The van der Waals surface area contributed by atoms with Crippen LogP contribution in [0, 0.1) is 0 Å². The number of anilines is 1. The monoisotopic (exact) mass is 506 g/mol. The molecular weight excluding hydrogens is 480 g/mol. The van der Waals surface area contributed by atoms with E-state index in [1.807, 2.05) is 30.6 Å². The van der Waals surface area contributed by atoms with Crippen molar-refractivity contribution in [2.24, 2.45) is 4.99 Å². The van der Waals surface area contributed by atoms with E-state index < -0.39 is 11.6 Å². The van der Waals surface area contributed by atoms with E-state index in [0.29, 0.717) is 29.1 Å². The fourth-order valence-corrected chi connectivity index (χ4v) is 5.97. The van der Waals surface area contributed by atoms with Crippen LogP contribution in [0.15, 0.2) is 64.4 Å². The van der Waals surface area contributed by atoms with Crippen LogP contribution < -0.4 is 10.5 Å². The minimum absolute atomic E-state index is 0.111. The van der Waals surface area contributed by atoms with Gasteiger partial charge >= 0.3 is 5.97 Å². The Morgan fingerprint density at radius 2 is 1.92 bits per heavy atom. The maximum atomic E-state index is 13.7. The van der Waals surface area contributed by atoms with Crippen molar-refractivity contribution in [1.82, 2.24) is 9.55 Å². The second-order valence-corrected chi connectivity index (χ2v) is 10.1. The molecular formula is C30H26N4O4. The highest BCUT2D eigenvalue weighted by Crippen LogP contribution is 2.46. The molecule has 0 amide bonds. The number of fused-ring (bicyclic) bond motifs is 5. The van der Waals surface area contributed by atoms with E-state index in [1.54, 1.807) is 17.6 Å². The zero-order chi connectivity index (χ0) is 26.0. The largest absolute Gasteiger partial charge is 0.458 e. The van der Waals surface area contributed by atoms with Gasteiger partial charge in [0.25, 0.3) is 5.56 Å². The smallest absolute Gasteiger partial charge is 0.343 e. The summed E-state index contributed by atoms with van der Waals surface area (Å²) in [5.74, 6) is -0.720. The van der Waals surface area contributed by atoms with Crippen LogP contribution in [0.3, 0.4) is 0 Å². The predicted octanol–water partition coefficient (Wildman–Crippen LogP) is 4.19. The summed E-state index contributed by atoms with van der Waals surface area (Å²) >= 11 is 0. The molecule has 3 aliphatic rings. The van der Waals surface area contributed by atoms with E-state index in [1.165, 1.54) is 5.56 Å². The minimum Gasteiger partial charge on any atom is -0.458 e. The third-order valence-electron chi connectivity index (χ3n) is 7.99. The van der Waals surface area contributed by atoms with Gasteiger partial charge in [-0.25, -0.2) is 14.8 Å². The second-order valence-electron chi connectivity index (χ2n) is 10.1. The van der Waals surface area contributed by atoms with Gasteiger partial charge in [0.1, 0.15) is 6.61 Å². The van der Waals surface area contributed by atoms with Crippen molar-refractivity contribution >= 4 is 34.6 Å². The molecule has 0 aliphatic carbocycles. The summed E-state index contributed by atoms with van der Waals surface area (Å²) < 4.78 is 6.90. The molecule has 38 heavy (non-hydrogen) atoms. The van der Waals surface area contributed by atoms with Gasteiger partial charge < -0.3 is 19.3 Å². The molecule has 1 N–H and O–H groups in total. The van der Waals surface area contributed by atoms with E-state index in [2.05, 4.69) is 29.2 Å². The molecule has 0 bridgehead atoms. The van der Waals surface area contributed by atoms with Crippen LogP contribution in [0.5, 0.6) is 0 Å². The van der Waals surface area contributed by atoms with Gasteiger partial charge in [-0.15, -0.1) is 0 Å². The van der Waals surface area contributed by atoms with Crippen molar-refractivity contribution in [3.05, 3.63) is 87.2 Å². The van der Waals surface area contributed by atoms with Crippen LogP contribution in [0.1, 0.15) is 42.0 Å². The van der Waals surface area contributed by atoms with Gasteiger partial charge in [0.05, 0.1) is 52.1 Å². The molecule has 8 heteroatoms. The number of aliphatic imine (C=N–C) groups is 1. The molecule has 2 aromatic carbocycles. The first-order chi connectivity index (χ1) is 18.5. The highest BCUT2D eigenvalue weighted by molar-refractivity contribution is 6.11. The molecule has 0 spiro atoms. The van der Waals surface area contributed by atoms with Gasteiger partial charge in [-0.1, -0.05) is 43.3 Å². The van der Waals surface area contributed by atoms with Crippen LogP contribution >= 0.6 is 0 Å². The number of ether oxygens (including phenoxy) is 1. The third-order valence-corrected chi connectivity index (χ3v) is 7.99. The van der Waals surface area contributed by atoms with Gasteiger partial charge in [0.2, 0.25) is 0 Å². The second kappa shape index (κ2) is 8.36. The summed E-state index contributed by atoms with van der Waals surface area (Å²) in [5.41, 5.74) is 4.76. The number of pyridine rings is 2. The Labute approximate surface area is 218 Å². The molecule has 2 aromatic heterocycles. The van der Waals surface area contributed by atoms with E-state index in [9.17, 15) is 14.7 Å². The number of rotatable bonds is 5. The molecule has 0 radical (unpaired) electrons. The van der Waals surface area contributed by atoms with Crippen LogP contribution in [0.2, 0.25) is 0 Å². The van der Waals surface area contributed by atoms with Gasteiger partial charge in [-0.2, -0.15) is 0 Å². The van der Waals surface area contributed by atoms with Crippen LogP contribution in [-0.4, -0.2) is 33.5 Å². The number of carbonyl (C=O) groups is 1. The van der Waals surface area contributed by atoms with E-state index in [4.69, 9.17) is 14.7 Å². The number of nitrogens with zero attached hydrogens (tertiary/aromatic N) is 4. The average Bonchev–Trinajstić information content (AvgIpc) is 3.31. The number of aryl methyl sites for hydroxylation is 1. The zero-order valence-corrected chi connectivity index (χ0v) is 21.0. The minimum atomic E-state index is -1.85. The van der Waals surface area contributed by atoms with Gasteiger partial charge in [-0.05, 0) is 43.0 Å². The quantitative estimate of drug-likeness (QED) is 0.359. The first-order valence-electron chi connectivity index (χ1n) is 13.0. The molecule has 1 unspecified atom stereocenters. The summed E-state index contributed by atoms with van der Waals surface area (Å²) in [6.07, 6.45) is 3.86. The van der Waals surface area contributed by atoms with Crippen LogP contribution in [-0.2, 0) is 34.7 Å². The topological polar surface area (TPSA) is 97.0 Å². The number of benzene rings is 2. The molecule has 190 valence electrons.